The summed E-state index contributed by atoms with van der Waals surface area (Å²) in [6.45, 7) is 1.35. The van der Waals surface area contributed by atoms with Crippen molar-refractivity contribution in [2.75, 3.05) is 0 Å². The Hall–Kier alpha value is -2.20. The molecule has 0 spiro atoms. The third-order valence-corrected chi connectivity index (χ3v) is 2.97. The maximum absolute atomic E-state index is 11.1. The van der Waals surface area contributed by atoms with Crippen molar-refractivity contribution < 1.29 is 9.53 Å². The Kier molecular flexibility index (Phi) is 2.80. The summed E-state index contributed by atoms with van der Waals surface area (Å²) in [5.41, 5.74) is 2.49. The lowest BCUT2D eigenvalue weighted by atomic mass is 10.2. The SMILES string of the molecule is CC(=O)Oc1cccc2nc3c(Cl)cccc3nc12. The van der Waals surface area contributed by atoms with Crippen molar-refractivity contribution in [3.8, 4) is 5.75 Å². The van der Waals surface area contributed by atoms with Gasteiger partial charge < -0.3 is 4.74 Å². The highest BCUT2D eigenvalue weighted by molar-refractivity contribution is 6.35. The molecule has 94 valence electrons. The van der Waals surface area contributed by atoms with Gasteiger partial charge in [0.15, 0.2) is 5.75 Å². The number of esters is 1. The lowest BCUT2D eigenvalue weighted by Gasteiger charge is -2.06. The van der Waals surface area contributed by atoms with Crippen molar-refractivity contribution in [2.45, 2.75) is 6.92 Å². The topological polar surface area (TPSA) is 52.1 Å². The van der Waals surface area contributed by atoms with Crippen molar-refractivity contribution in [3.63, 3.8) is 0 Å². The van der Waals surface area contributed by atoms with E-state index in [1.54, 1.807) is 30.3 Å². The molecule has 0 saturated carbocycles. The molecule has 0 aliphatic heterocycles. The molecule has 0 radical (unpaired) electrons. The van der Waals surface area contributed by atoms with Gasteiger partial charge in [0.05, 0.1) is 16.1 Å². The molecular formula is C14H9ClN2O2. The van der Waals surface area contributed by atoms with Crippen LogP contribution in [0.3, 0.4) is 0 Å². The third-order valence-electron chi connectivity index (χ3n) is 2.66. The van der Waals surface area contributed by atoms with E-state index in [2.05, 4.69) is 9.97 Å². The number of halogens is 1. The van der Waals surface area contributed by atoms with Crippen molar-refractivity contribution in [1.29, 1.82) is 0 Å². The van der Waals surface area contributed by atoms with Crippen molar-refractivity contribution in [1.82, 2.24) is 9.97 Å². The fourth-order valence-corrected chi connectivity index (χ4v) is 2.11. The van der Waals surface area contributed by atoms with Crippen LogP contribution in [0.4, 0.5) is 0 Å². The summed E-state index contributed by atoms with van der Waals surface area (Å²) in [5.74, 6) is 0.0138. The van der Waals surface area contributed by atoms with E-state index in [1.807, 2.05) is 6.07 Å². The Bertz CT molecular complexity index is 802. The summed E-state index contributed by atoms with van der Waals surface area (Å²) in [6.07, 6.45) is 0. The van der Waals surface area contributed by atoms with Crippen molar-refractivity contribution >= 4 is 39.6 Å². The van der Waals surface area contributed by atoms with E-state index in [0.717, 1.165) is 0 Å². The number of para-hydroxylation sites is 2. The van der Waals surface area contributed by atoms with Gasteiger partial charge in [-0.1, -0.05) is 23.7 Å². The quantitative estimate of drug-likeness (QED) is 0.387. The van der Waals surface area contributed by atoms with Gasteiger partial charge in [-0.15, -0.1) is 0 Å². The van der Waals surface area contributed by atoms with Crippen LogP contribution in [0.5, 0.6) is 5.75 Å². The zero-order valence-corrected chi connectivity index (χ0v) is 10.8. The van der Waals surface area contributed by atoms with Gasteiger partial charge in [-0.05, 0) is 24.3 Å². The molecular weight excluding hydrogens is 264 g/mol. The molecule has 0 aliphatic carbocycles. The lowest BCUT2D eigenvalue weighted by molar-refractivity contribution is -0.131. The van der Waals surface area contributed by atoms with Gasteiger partial charge in [-0.3, -0.25) is 4.79 Å². The second kappa shape index (κ2) is 4.48. The van der Waals surface area contributed by atoms with Crippen LogP contribution in [0.25, 0.3) is 22.1 Å². The molecule has 4 nitrogen and oxygen atoms in total. The first-order chi connectivity index (χ1) is 9.15. The monoisotopic (exact) mass is 272 g/mol. The Morgan fingerprint density at radius 2 is 1.68 bits per heavy atom. The lowest BCUT2D eigenvalue weighted by Crippen LogP contribution is -2.02. The number of hydrogen-bond acceptors (Lipinski definition) is 4. The number of benzene rings is 2. The molecule has 1 heterocycles. The molecule has 2 aromatic carbocycles. The largest absolute Gasteiger partial charge is 0.424 e. The molecule has 19 heavy (non-hydrogen) atoms. The minimum absolute atomic E-state index is 0.388. The molecule has 0 aliphatic rings. The number of rotatable bonds is 1. The summed E-state index contributed by atoms with van der Waals surface area (Å²) in [6, 6.07) is 10.6. The molecule has 0 N–H and O–H groups in total. The molecule has 0 bridgehead atoms. The smallest absolute Gasteiger partial charge is 0.308 e. The molecule has 3 rings (SSSR count). The van der Waals surface area contributed by atoms with Gasteiger partial charge >= 0.3 is 5.97 Å². The number of nitrogens with zero attached hydrogens (tertiary/aromatic N) is 2. The summed E-state index contributed by atoms with van der Waals surface area (Å²) >= 11 is 6.09. The second-order valence-electron chi connectivity index (χ2n) is 4.05. The van der Waals surface area contributed by atoms with Crippen molar-refractivity contribution in [2.24, 2.45) is 0 Å². The molecule has 3 aromatic rings. The van der Waals surface area contributed by atoms with Crippen LogP contribution in [-0.4, -0.2) is 15.9 Å². The van der Waals surface area contributed by atoms with Gasteiger partial charge in [-0.25, -0.2) is 9.97 Å². The summed E-state index contributed by atoms with van der Waals surface area (Å²) in [5, 5.41) is 0.546. The van der Waals surface area contributed by atoms with Crippen LogP contribution in [-0.2, 0) is 4.79 Å². The summed E-state index contributed by atoms with van der Waals surface area (Å²) in [4.78, 5) is 20.0. The van der Waals surface area contributed by atoms with Gasteiger partial charge in [0.25, 0.3) is 0 Å². The Morgan fingerprint density at radius 1 is 1.05 bits per heavy atom. The molecule has 0 fully saturated rings. The van der Waals surface area contributed by atoms with Gasteiger partial charge in [0, 0.05) is 6.92 Å². The fraction of sp³-hybridized carbons (Fsp3) is 0.0714. The highest BCUT2D eigenvalue weighted by atomic mass is 35.5. The van der Waals surface area contributed by atoms with Crippen LogP contribution in [0.15, 0.2) is 36.4 Å². The first-order valence-electron chi connectivity index (χ1n) is 5.68. The number of fused-ring (bicyclic) bond motifs is 2. The number of ether oxygens (including phenoxy) is 1. The zero-order valence-electron chi connectivity index (χ0n) is 10.1. The van der Waals surface area contributed by atoms with Gasteiger partial charge in [0.1, 0.15) is 11.0 Å². The van der Waals surface area contributed by atoms with Gasteiger partial charge in [0.2, 0.25) is 0 Å². The highest BCUT2D eigenvalue weighted by Gasteiger charge is 2.10. The Morgan fingerprint density at radius 3 is 2.42 bits per heavy atom. The van der Waals surface area contributed by atoms with Crippen LogP contribution >= 0.6 is 11.6 Å². The van der Waals surface area contributed by atoms with Gasteiger partial charge in [-0.2, -0.15) is 0 Å². The maximum Gasteiger partial charge on any atom is 0.308 e. The predicted octanol–water partition coefficient (Wildman–Crippen LogP) is 3.36. The molecule has 5 heteroatoms. The van der Waals surface area contributed by atoms with E-state index >= 15 is 0 Å². The second-order valence-corrected chi connectivity index (χ2v) is 4.46. The van der Waals surface area contributed by atoms with E-state index < -0.39 is 0 Å². The molecule has 0 unspecified atom stereocenters. The number of carbonyl (C=O) groups is 1. The molecule has 1 aromatic heterocycles. The average molecular weight is 273 g/mol. The maximum atomic E-state index is 11.1. The van der Waals surface area contributed by atoms with Crippen LogP contribution < -0.4 is 4.74 Å². The van der Waals surface area contributed by atoms with E-state index in [-0.39, 0.29) is 5.97 Å². The molecule has 0 amide bonds. The minimum Gasteiger partial charge on any atom is -0.424 e. The summed E-state index contributed by atoms with van der Waals surface area (Å²) < 4.78 is 5.13. The summed E-state index contributed by atoms with van der Waals surface area (Å²) in [7, 11) is 0. The number of hydrogen-bond donors (Lipinski definition) is 0. The first kappa shape index (κ1) is 11.9. The molecule has 0 atom stereocenters. The Labute approximate surface area is 114 Å². The van der Waals surface area contributed by atoms with E-state index in [9.17, 15) is 4.79 Å². The standard InChI is InChI=1S/C14H9ClN2O2/c1-8(18)19-12-7-3-6-11-14(12)17-10-5-2-4-9(15)13(10)16-11/h2-7H,1H3. The normalized spacial score (nSPS) is 10.8. The minimum atomic E-state index is -0.388. The number of aromatic nitrogens is 2. The number of carbonyl (C=O) groups excluding carboxylic acids is 1. The molecule has 0 saturated heterocycles. The highest BCUT2D eigenvalue weighted by Crippen LogP contribution is 2.27. The van der Waals surface area contributed by atoms with E-state index in [1.165, 1.54) is 6.92 Å². The van der Waals surface area contributed by atoms with Crippen LogP contribution in [0, 0.1) is 0 Å². The third kappa shape index (κ3) is 2.11. The Balaban J connectivity index is 2.35. The van der Waals surface area contributed by atoms with Crippen LogP contribution in [0.2, 0.25) is 5.02 Å². The van der Waals surface area contributed by atoms with Crippen LogP contribution in [0.1, 0.15) is 6.92 Å². The van der Waals surface area contributed by atoms with E-state index in [4.69, 9.17) is 16.3 Å². The van der Waals surface area contributed by atoms with E-state index in [0.29, 0.717) is 32.8 Å². The predicted molar refractivity (Wildman–Crippen MR) is 73.4 cm³/mol. The first-order valence-corrected chi connectivity index (χ1v) is 6.06. The fourth-order valence-electron chi connectivity index (χ4n) is 1.90. The average Bonchev–Trinajstić information content (AvgIpc) is 2.37. The zero-order chi connectivity index (χ0) is 13.4. The van der Waals surface area contributed by atoms with Crippen molar-refractivity contribution in [3.05, 3.63) is 41.4 Å².